The van der Waals surface area contributed by atoms with Gasteiger partial charge in [0.05, 0.1) is 6.04 Å². The molecular formula is C29H45N5O5. The molecule has 1 aromatic heterocycles. The first-order chi connectivity index (χ1) is 18.3. The summed E-state index contributed by atoms with van der Waals surface area (Å²) < 4.78 is 0. The third-order valence-electron chi connectivity index (χ3n) is 6.91. The van der Waals surface area contributed by atoms with E-state index in [-0.39, 0.29) is 24.2 Å². The molecule has 1 aromatic carbocycles. The van der Waals surface area contributed by atoms with Crippen LogP contribution >= 0.6 is 0 Å². The van der Waals surface area contributed by atoms with Crippen LogP contribution in [-0.4, -0.2) is 57.9 Å². The molecule has 5 unspecified atom stereocenters. The molecule has 10 heteroatoms. The second-order valence-corrected chi connectivity index (χ2v) is 11.3. The number of nitrogens with two attached hydrogens (primary N) is 1. The Balaban J connectivity index is 2.31. The van der Waals surface area contributed by atoms with Gasteiger partial charge in [0, 0.05) is 23.5 Å². The maximum absolute atomic E-state index is 13.6. The number of fused-ring (bicyclic) bond motifs is 1. The zero-order valence-electron chi connectivity index (χ0n) is 23.9. The summed E-state index contributed by atoms with van der Waals surface area (Å²) in [5.74, 6) is -2.75. The fourth-order valence-corrected chi connectivity index (χ4v) is 4.54. The van der Waals surface area contributed by atoms with Crippen LogP contribution in [0.15, 0.2) is 30.5 Å². The number of benzene rings is 1. The Kier molecular flexibility index (Phi) is 12.0. The first-order valence-electron chi connectivity index (χ1n) is 13.8. The summed E-state index contributed by atoms with van der Waals surface area (Å²) in [6, 6.07) is 3.80. The molecule has 3 amide bonds. The van der Waals surface area contributed by atoms with Crippen LogP contribution in [0.3, 0.4) is 0 Å². The molecule has 0 aliphatic carbocycles. The minimum absolute atomic E-state index is 0.0362. The number of para-hydroxylation sites is 1. The molecular weight excluding hydrogens is 498 g/mol. The highest BCUT2D eigenvalue weighted by Gasteiger charge is 2.32. The molecule has 0 saturated carbocycles. The van der Waals surface area contributed by atoms with Gasteiger partial charge in [0.1, 0.15) is 18.1 Å². The molecule has 0 fully saturated rings. The van der Waals surface area contributed by atoms with Crippen molar-refractivity contribution in [2.45, 2.75) is 91.4 Å². The van der Waals surface area contributed by atoms with E-state index in [1.54, 1.807) is 13.1 Å². The zero-order valence-corrected chi connectivity index (χ0v) is 23.9. The van der Waals surface area contributed by atoms with Crippen LogP contribution in [0.4, 0.5) is 0 Å². The number of hydrogen-bond donors (Lipinski definition) is 6. The van der Waals surface area contributed by atoms with Crippen LogP contribution in [0.1, 0.15) is 66.4 Å². The van der Waals surface area contributed by atoms with Crippen molar-refractivity contribution in [1.82, 2.24) is 20.9 Å². The van der Waals surface area contributed by atoms with Gasteiger partial charge in [-0.05, 0) is 42.2 Å². The van der Waals surface area contributed by atoms with Crippen molar-refractivity contribution in [2.75, 3.05) is 0 Å². The van der Waals surface area contributed by atoms with Gasteiger partial charge >= 0.3 is 5.97 Å². The molecule has 7 N–H and O–H groups in total. The van der Waals surface area contributed by atoms with Gasteiger partial charge in [0.2, 0.25) is 17.7 Å². The van der Waals surface area contributed by atoms with Crippen molar-refractivity contribution in [3.63, 3.8) is 0 Å². The van der Waals surface area contributed by atoms with Gasteiger partial charge < -0.3 is 31.8 Å². The predicted octanol–water partition coefficient (Wildman–Crippen LogP) is 2.72. The zero-order chi connectivity index (χ0) is 29.3. The van der Waals surface area contributed by atoms with Crippen molar-refractivity contribution in [3.8, 4) is 0 Å². The van der Waals surface area contributed by atoms with E-state index in [1.807, 2.05) is 58.9 Å². The Morgan fingerprint density at radius 3 is 2.05 bits per heavy atom. The Morgan fingerprint density at radius 2 is 1.46 bits per heavy atom. The van der Waals surface area contributed by atoms with E-state index in [2.05, 4.69) is 20.9 Å². The fourth-order valence-electron chi connectivity index (χ4n) is 4.54. The molecule has 2 rings (SSSR count). The summed E-state index contributed by atoms with van der Waals surface area (Å²) in [7, 11) is 0. The van der Waals surface area contributed by atoms with Gasteiger partial charge in [-0.15, -0.1) is 0 Å². The van der Waals surface area contributed by atoms with Crippen molar-refractivity contribution >= 4 is 34.6 Å². The number of aromatic nitrogens is 1. The largest absolute Gasteiger partial charge is 0.480 e. The quantitative estimate of drug-likeness (QED) is 0.202. The smallest absolute Gasteiger partial charge is 0.326 e. The van der Waals surface area contributed by atoms with E-state index in [0.29, 0.717) is 19.3 Å². The van der Waals surface area contributed by atoms with Crippen molar-refractivity contribution in [2.24, 2.45) is 23.5 Å². The molecule has 0 aliphatic rings. The van der Waals surface area contributed by atoms with Gasteiger partial charge in [0.25, 0.3) is 0 Å². The van der Waals surface area contributed by atoms with Gasteiger partial charge in [-0.1, -0.05) is 66.2 Å². The monoisotopic (exact) mass is 543 g/mol. The van der Waals surface area contributed by atoms with Crippen molar-refractivity contribution in [1.29, 1.82) is 0 Å². The number of carbonyl (C=O) groups excluding carboxylic acids is 3. The average Bonchev–Trinajstić information content (AvgIpc) is 3.27. The molecule has 2 aromatic rings. The number of aliphatic carboxylic acids is 1. The number of aromatic amines is 1. The first kappa shape index (κ1) is 31.8. The lowest BCUT2D eigenvalue weighted by molar-refractivity contribution is -0.144. The number of nitrogens with one attached hydrogen (secondary N) is 4. The molecule has 216 valence electrons. The Bertz CT molecular complexity index is 1130. The highest BCUT2D eigenvalue weighted by molar-refractivity contribution is 5.95. The minimum atomic E-state index is -1.13. The second kappa shape index (κ2) is 14.7. The topological polar surface area (TPSA) is 166 Å². The highest BCUT2D eigenvalue weighted by Crippen LogP contribution is 2.20. The van der Waals surface area contributed by atoms with Crippen LogP contribution < -0.4 is 21.7 Å². The van der Waals surface area contributed by atoms with Crippen molar-refractivity contribution in [3.05, 3.63) is 36.0 Å². The lowest BCUT2D eigenvalue weighted by Crippen LogP contribution is -2.58. The fraction of sp³-hybridized carbons (Fsp3) is 0.586. The van der Waals surface area contributed by atoms with Crippen molar-refractivity contribution < 1.29 is 24.3 Å². The van der Waals surface area contributed by atoms with Crippen LogP contribution in [0.2, 0.25) is 0 Å². The SMILES string of the molecule is CCC(C)C(NC(=O)C(CC(C)C)NC(=O)C(Cc1c[nH]c2ccccc12)NC(=O)C(N)CC(C)C)C(=O)O. The maximum Gasteiger partial charge on any atom is 0.326 e. The maximum atomic E-state index is 13.6. The molecule has 39 heavy (non-hydrogen) atoms. The van der Waals surface area contributed by atoms with Crippen LogP contribution in [0.5, 0.6) is 0 Å². The molecule has 0 bridgehead atoms. The molecule has 10 nitrogen and oxygen atoms in total. The number of carboxylic acids is 1. The van der Waals surface area contributed by atoms with E-state index < -0.39 is 47.9 Å². The average molecular weight is 544 g/mol. The predicted molar refractivity (Wildman–Crippen MR) is 152 cm³/mol. The summed E-state index contributed by atoms with van der Waals surface area (Å²) in [4.78, 5) is 54.7. The number of carboxylic acid groups (broad SMARTS) is 1. The van der Waals surface area contributed by atoms with E-state index >= 15 is 0 Å². The standard InChI is InChI=1S/C29H45N5O5/c1-7-18(6)25(29(38)39)34-28(37)23(13-17(4)5)33-27(36)24(32-26(35)21(30)12-16(2)3)14-19-15-31-22-11-9-8-10-20(19)22/h8-11,15-18,21,23-25,31H,7,12-14,30H2,1-6H3,(H,32,35)(H,33,36)(H,34,37)(H,38,39). The Morgan fingerprint density at radius 1 is 0.872 bits per heavy atom. The van der Waals surface area contributed by atoms with Crippen LogP contribution in [0, 0.1) is 17.8 Å². The van der Waals surface area contributed by atoms with Gasteiger partial charge in [-0.3, -0.25) is 14.4 Å². The van der Waals surface area contributed by atoms with E-state index in [0.717, 1.165) is 16.5 Å². The van der Waals surface area contributed by atoms with Crippen LogP contribution in [-0.2, 0) is 25.6 Å². The second-order valence-electron chi connectivity index (χ2n) is 11.3. The Hall–Kier alpha value is -3.40. The van der Waals surface area contributed by atoms with E-state index in [4.69, 9.17) is 5.73 Å². The summed E-state index contributed by atoms with van der Waals surface area (Å²) >= 11 is 0. The van der Waals surface area contributed by atoms with Gasteiger partial charge in [-0.2, -0.15) is 0 Å². The van der Waals surface area contributed by atoms with Gasteiger partial charge in [-0.25, -0.2) is 4.79 Å². The molecule has 5 atom stereocenters. The molecule has 0 radical (unpaired) electrons. The Labute approximate surface area is 230 Å². The molecule has 0 spiro atoms. The third-order valence-corrected chi connectivity index (χ3v) is 6.91. The number of carbonyl (C=O) groups is 4. The normalized spacial score (nSPS) is 15.4. The molecule has 1 heterocycles. The minimum Gasteiger partial charge on any atom is -0.480 e. The van der Waals surface area contributed by atoms with E-state index in [1.165, 1.54) is 0 Å². The summed E-state index contributed by atoms with van der Waals surface area (Å²) in [5.41, 5.74) is 7.83. The summed E-state index contributed by atoms with van der Waals surface area (Å²) in [6.45, 7) is 11.3. The van der Waals surface area contributed by atoms with Crippen LogP contribution in [0.25, 0.3) is 10.9 Å². The summed E-state index contributed by atoms with van der Waals surface area (Å²) in [5, 5.41) is 18.7. The van der Waals surface area contributed by atoms with Gasteiger partial charge in [0.15, 0.2) is 0 Å². The first-order valence-corrected chi connectivity index (χ1v) is 13.8. The number of amides is 3. The third kappa shape index (κ3) is 9.38. The highest BCUT2D eigenvalue weighted by atomic mass is 16.4. The molecule has 0 aliphatic heterocycles. The lowest BCUT2D eigenvalue weighted by Gasteiger charge is -2.27. The number of rotatable bonds is 15. The number of H-pyrrole nitrogens is 1. The summed E-state index contributed by atoms with van der Waals surface area (Å²) in [6.07, 6.45) is 3.29. The van der Waals surface area contributed by atoms with E-state index in [9.17, 15) is 24.3 Å². The number of hydrogen-bond acceptors (Lipinski definition) is 5. The lowest BCUT2D eigenvalue weighted by atomic mass is 9.97. The molecule has 0 saturated heterocycles.